The third kappa shape index (κ3) is 4.43. The Hall–Kier alpha value is -2.79. The summed E-state index contributed by atoms with van der Waals surface area (Å²) in [5.41, 5.74) is 1.32. The largest absolute Gasteiger partial charge is 0.493 e. The molecule has 1 aromatic carbocycles. The summed E-state index contributed by atoms with van der Waals surface area (Å²) in [7, 11) is 1.49. The average molecular weight is 421 g/mol. The van der Waals surface area contributed by atoms with Gasteiger partial charge in [0.05, 0.1) is 7.11 Å². The molecule has 1 heterocycles. The number of aryl methyl sites for hydroxylation is 1. The minimum Gasteiger partial charge on any atom is -0.493 e. The Morgan fingerprint density at radius 1 is 1.23 bits per heavy atom. The molecular formula is C18H17BrN2O5. The van der Waals surface area contributed by atoms with Crippen molar-refractivity contribution < 1.29 is 19.0 Å². The molecule has 2 rings (SSSR count). The minimum atomic E-state index is -0.449. The Balaban J connectivity index is 2.43. The van der Waals surface area contributed by atoms with Gasteiger partial charge in [0.2, 0.25) is 0 Å². The predicted octanol–water partition coefficient (Wildman–Crippen LogP) is 2.94. The minimum absolute atomic E-state index is 0.0156. The van der Waals surface area contributed by atoms with Crippen molar-refractivity contribution in [1.82, 2.24) is 4.98 Å². The fourth-order valence-electron chi connectivity index (χ4n) is 2.36. The Morgan fingerprint density at radius 2 is 1.96 bits per heavy atom. The summed E-state index contributed by atoms with van der Waals surface area (Å²) in [6.45, 7) is 3.34. The van der Waals surface area contributed by atoms with Crippen LogP contribution in [0.15, 0.2) is 27.5 Å². The number of esters is 1. The number of aromatic nitrogens is 1. The van der Waals surface area contributed by atoms with Gasteiger partial charge in [-0.3, -0.25) is 9.59 Å². The summed E-state index contributed by atoms with van der Waals surface area (Å²) in [5, 5.41) is 9.33. The van der Waals surface area contributed by atoms with Crippen LogP contribution in [0.2, 0.25) is 0 Å². The summed E-state index contributed by atoms with van der Waals surface area (Å²) >= 11 is 3.45. The molecule has 0 fully saturated rings. The number of nitriles is 1. The van der Waals surface area contributed by atoms with E-state index in [1.54, 1.807) is 25.1 Å². The third-order valence-electron chi connectivity index (χ3n) is 3.47. The van der Waals surface area contributed by atoms with E-state index in [0.29, 0.717) is 32.8 Å². The highest BCUT2D eigenvalue weighted by Gasteiger charge is 2.17. The maximum Gasteiger partial charge on any atom is 0.302 e. The van der Waals surface area contributed by atoms with E-state index in [1.807, 2.05) is 6.07 Å². The normalized spacial score (nSPS) is 10.1. The van der Waals surface area contributed by atoms with Crippen LogP contribution in [-0.4, -0.2) is 31.3 Å². The number of carbonyl (C=O) groups excluding carboxylic acids is 1. The first-order valence-electron chi connectivity index (χ1n) is 7.65. The fourth-order valence-corrected chi connectivity index (χ4v) is 2.90. The summed E-state index contributed by atoms with van der Waals surface area (Å²) < 4.78 is 16.4. The molecule has 26 heavy (non-hydrogen) atoms. The number of benzene rings is 1. The molecule has 0 aliphatic carbocycles. The van der Waals surface area contributed by atoms with Gasteiger partial charge in [0.25, 0.3) is 5.56 Å². The van der Waals surface area contributed by atoms with Gasteiger partial charge in [0.1, 0.15) is 24.8 Å². The van der Waals surface area contributed by atoms with E-state index in [1.165, 1.54) is 14.0 Å². The van der Waals surface area contributed by atoms with Crippen LogP contribution in [0.4, 0.5) is 0 Å². The molecule has 0 amide bonds. The number of hydrogen-bond acceptors (Lipinski definition) is 6. The number of nitrogens with one attached hydrogen (secondary N) is 1. The first kappa shape index (κ1) is 19.5. The number of methoxy groups -OCH3 is 1. The van der Waals surface area contributed by atoms with Crippen LogP contribution >= 0.6 is 15.9 Å². The van der Waals surface area contributed by atoms with Gasteiger partial charge in [-0.15, -0.1) is 0 Å². The van der Waals surface area contributed by atoms with E-state index >= 15 is 0 Å². The van der Waals surface area contributed by atoms with Crippen molar-refractivity contribution in [2.75, 3.05) is 20.3 Å². The van der Waals surface area contributed by atoms with Crippen LogP contribution in [0, 0.1) is 18.3 Å². The molecule has 0 aliphatic heterocycles. The number of ether oxygens (including phenoxy) is 3. The number of hydrogen-bond donors (Lipinski definition) is 1. The van der Waals surface area contributed by atoms with Gasteiger partial charge in [0.15, 0.2) is 11.5 Å². The molecule has 1 aromatic heterocycles. The lowest BCUT2D eigenvalue weighted by atomic mass is 10.0. The zero-order valence-electron chi connectivity index (χ0n) is 14.5. The molecule has 0 aliphatic rings. The number of rotatable bonds is 6. The molecule has 1 N–H and O–H groups in total. The molecule has 0 saturated heterocycles. The van der Waals surface area contributed by atoms with E-state index in [-0.39, 0.29) is 24.7 Å². The lowest BCUT2D eigenvalue weighted by Gasteiger charge is -2.15. The second-order valence-corrected chi connectivity index (χ2v) is 6.21. The molecule has 0 spiro atoms. The van der Waals surface area contributed by atoms with Gasteiger partial charge < -0.3 is 19.2 Å². The molecule has 7 nitrogen and oxygen atoms in total. The number of halogens is 1. The van der Waals surface area contributed by atoms with Gasteiger partial charge in [-0.2, -0.15) is 5.26 Å². The zero-order valence-corrected chi connectivity index (χ0v) is 16.1. The molecular weight excluding hydrogens is 404 g/mol. The van der Waals surface area contributed by atoms with Crippen molar-refractivity contribution in [3.8, 4) is 28.7 Å². The van der Waals surface area contributed by atoms with E-state index in [2.05, 4.69) is 20.9 Å². The maximum atomic E-state index is 12.0. The van der Waals surface area contributed by atoms with Gasteiger partial charge in [-0.05, 0) is 25.1 Å². The number of aromatic amines is 1. The maximum absolute atomic E-state index is 12.0. The summed E-state index contributed by atoms with van der Waals surface area (Å²) in [5.74, 6) is 0.481. The van der Waals surface area contributed by atoms with Gasteiger partial charge in [0, 0.05) is 28.2 Å². The molecule has 2 aromatic rings. The highest BCUT2D eigenvalue weighted by molar-refractivity contribution is 9.10. The lowest BCUT2D eigenvalue weighted by Crippen LogP contribution is -2.13. The molecule has 8 heteroatoms. The van der Waals surface area contributed by atoms with E-state index in [9.17, 15) is 14.9 Å². The molecule has 0 saturated carbocycles. The predicted molar refractivity (Wildman–Crippen MR) is 98.3 cm³/mol. The zero-order chi connectivity index (χ0) is 19.3. The molecule has 136 valence electrons. The van der Waals surface area contributed by atoms with Crippen molar-refractivity contribution >= 4 is 21.9 Å². The molecule has 0 bridgehead atoms. The van der Waals surface area contributed by atoms with Crippen LogP contribution in [0.3, 0.4) is 0 Å². The number of nitrogens with zero attached hydrogens (tertiary/aromatic N) is 1. The Kier molecular flexibility index (Phi) is 6.41. The third-order valence-corrected chi connectivity index (χ3v) is 4.13. The standard InChI is InChI=1S/C18H17BrN2O5/c1-10-6-12(14(9-20)18(23)21-10)13-7-16(24-3)17(8-15(13)19)26-5-4-25-11(2)22/h6-8H,4-5H2,1-3H3,(H,21,23). The highest BCUT2D eigenvalue weighted by Crippen LogP contribution is 2.39. The summed E-state index contributed by atoms with van der Waals surface area (Å²) in [6, 6.07) is 7.02. The van der Waals surface area contributed by atoms with Crippen LogP contribution in [0.25, 0.3) is 11.1 Å². The topological polar surface area (TPSA) is 101 Å². The van der Waals surface area contributed by atoms with Crippen molar-refractivity contribution in [2.45, 2.75) is 13.8 Å². The van der Waals surface area contributed by atoms with Crippen molar-refractivity contribution in [2.24, 2.45) is 0 Å². The Morgan fingerprint density at radius 3 is 2.58 bits per heavy atom. The quantitative estimate of drug-likeness (QED) is 0.569. The second kappa shape index (κ2) is 8.54. The van der Waals surface area contributed by atoms with Crippen LogP contribution < -0.4 is 15.0 Å². The van der Waals surface area contributed by atoms with Crippen LogP contribution in [0.1, 0.15) is 18.2 Å². The van der Waals surface area contributed by atoms with Gasteiger partial charge >= 0.3 is 5.97 Å². The number of H-pyrrole nitrogens is 1. The summed E-state index contributed by atoms with van der Waals surface area (Å²) in [6.07, 6.45) is 0. The van der Waals surface area contributed by atoms with E-state index < -0.39 is 5.56 Å². The summed E-state index contributed by atoms with van der Waals surface area (Å²) in [4.78, 5) is 25.4. The van der Waals surface area contributed by atoms with Crippen molar-refractivity contribution in [3.05, 3.63) is 44.3 Å². The Labute approximate surface area is 158 Å². The average Bonchev–Trinajstić information content (AvgIpc) is 2.58. The van der Waals surface area contributed by atoms with Gasteiger partial charge in [-0.25, -0.2) is 0 Å². The van der Waals surface area contributed by atoms with E-state index in [4.69, 9.17) is 14.2 Å². The van der Waals surface area contributed by atoms with Gasteiger partial charge in [-0.1, -0.05) is 15.9 Å². The smallest absolute Gasteiger partial charge is 0.302 e. The SMILES string of the molecule is COc1cc(-c2cc(C)[nH]c(=O)c2C#N)c(Br)cc1OCCOC(C)=O. The number of pyridine rings is 1. The first-order valence-corrected chi connectivity index (χ1v) is 8.44. The second-order valence-electron chi connectivity index (χ2n) is 5.35. The van der Waals surface area contributed by atoms with Crippen LogP contribution in [-0.2, 0) is 9.53 Å². The van der Waals surface area contributed by atoms with Crippen molar-refractivity contribution in [1.29, 1.82) is 5.26 Å². The molecule has 0 radical (unpaired) electrons. The first-order chi connectivity index (χ1) is 12.4. The molecule has 0 unspecified atom stereocenters. The molecule has 0 atom stereocenters. The van der Waals surface area contributed by atoms with Crippen LogP contribution in [0.5, 0.6) is 11.5 Å². The fraction of sp³-hybridized carbons (Fsp3) is 0.278. The number of carbonyl (C=O) groups is 1. The van der Waals surface area contributed by atoms with E-state index in [0.717, 1.165) is 0 Å². The lowest BCUT2D eigenvalue weighted by molar-refractivity contribution is -0.141. The Bertz CT molecular complexity index is 930. The highest BCUT2D eigenvalue weighted by atomic mass is 79.9. The van der Waals surface area contributed by atoms with Crippen molar-refractivity contribution in [3.63, 3.8) is 0 Å². The monoisotopic (exact) mass is 420 g/mol.